The molecule has 2 atom stereocenters. The Morgan fingerprint density at radius 1 is 1.50 bits per heavy atom. The fourth-order valence-electron chi connectivity index (χ4n) is 2.23. The van der Waals surface area contributed by atoms with E-state index < -0.39 is 0 Å². The topological polar surface area (TPSA) is 43.8 Å². The van der Waals surface area contributed by atoms with Gasteiger partial charge in [-0.1, -0.05) is 25.4 Å². The summed E-state index contributed by atoms with van der Waals surface area (Å²) >= 11 is 6.19. The van der Waals surface area contributed by atoms with Crippen LogP contribution in [0.4, 0.5) is 0 Å². The Bertz CT molecular complexity index is 381. The maximum Gasteiger partial charge on any atom is 0.130 e. The third-order valence-corrected chi connectivity index (χ3v) is 3.87. The number of rotatable bonds is 1. The van der Waals surface area contributed by atoms with Gasteiger partial charge in [0.2, 0.25) is 0 Å². The van der Waals surface area contributed by atoms with Crippen molar-refractivity contribution in [1.82, 2.24) is 9.78 Å². The van der Waals surface area contributed by atoms with Crippen molar-refractivity contribution in [1.29, 1.82) is 0 Å². The minimum Gasteiger partial charge on any atom is -0.327 e. The normalized spacial score (nSPS) is 29.3. The molecule has 4 heteroatoms. The minimum absolute atomic E-state index is 0.164. The van der Waals surface area contributed by atoms with Crippen molar-refractivity contribution in [3.63, 3.8) is 0 Å². The Balaban J connectivity index is 2.44. The van der Waals surface area contributed by atoms with E-state index in [-0.39, 0.29) is 11.5 Å². The highest BCUT2D eigenvalue weighted by atomic mass is 35.5. The van der Waals surface area contributed by atoms with Gasteiger partial charge in [-0.25, -0.2) is 0 Å². The summed E-state index contributed by atoms with van der Waals surface area (Å²) in [7, 11) is 1.86. The number of hydrogen-bond acceptors (Lipinski definition) is 2. The lowest BCUT2D eigenvalue weighted by Crippen LogP contribution is -2.06. The predicted molar refractivity (Wildman–Crippen MR) is 57.5 cm³/mol. The van der Waals surface area contributed by atoms with Crippen LogP contribution in [0.25, 0.3) is 0 Å². The second-order valence-corrected chi connectivity index (χ2v) is 5.10. The first-order chi connectivity index (χ1) is 6.37. The lowest BCUT2D eigenvalue weighted by atomic mass is 10.0. The van der Waals surface area contributed by atoms with E-state index in [1.807, 2.05) is 14.0 Å². The van der Waals surface area contributed by atoms with Gasteiger partial charge in [0.25, 0.3) is 0 Å². The van der Waals surface area contributed by atoms with E-state index in [9.17, 15) is 0 Å². The fraction of sp³-hybridized carbons (Fsp3) is 0.700. The molecule has 1 aromatic heterocycles. The van der Waals surface area contributed by atoms with E-state index in [1.54, 1.807) is 4.68 Å². The highest BCUT2D eigenvalue weighted by Gasteiger charge is 2.58. The SMILES string of the molecule is Cc1nn(C)c(Cl)c1[C@@H]1[C@@H](N)C1(C)C. The van der Waals surface area contributed by atoms with Gasteiger partial charge in [-0.15, -0.1) is 0 Å². The van der Waals surface area contributed by atoms with Crippen LogP contribution in [0.3, 0.4) is 0 Å². The van der Waals surface area contributed by atoms with Crippen molar-refractivity contribution in [2.75, 3.05) is 0 Å². The molecule has 0 radical (unpaired) electrons. The van der Waals surface area contributed by atoms with E-state index in [0.717, 1.165) is 16.4 Å². The zero-order chi connectivity index (χ0) is 10.7. The molecule has 0 spiro atoms. The van der Waals surface area contributed by atoms with Gasteiger partial charge in [-0.2, -0.15) is 5.10 Å². The smallest absolute Gasteiger partial charge is 0.130 e. The van der Waals surface area contributed by atoms with Crippen LogP contribution in [0.15, 0.2) is 0 Å². The van der Waals surface area contributed by atoms with Crippen molar-refractivity contribution in [2.24, 2.45) is 18.2 Å². The maximum absolute atomic E-state index is 6.19. The van der Waals surface area contributed by atoms with Gasteiger partial charge in [0.15, 0.2) is 0 Å². The van der Waals surface area contributed by atoms with E-state index in [0.29, 0.717) is 5.92 Å². The minimum atomic E-state index is 0.164. The molecule has 0 aliphatic heterocycles. The molecule has 0 aromatic carbocycles. The zero-order valence-corrected chi connectivity index (χ0v) is 9.76. The van der Waals surface area contributed by atoms with Crippen LogP contribution < -0.4 is 5.73 Å². The molecule has 0 saturated heterocycles. The monoisotopic (exact) mass is 213 g/mol. The van der Waals surface area contributed by atoms with Crippen molar-refractivity contribution in [3.8, 4) is 0 Å². The molecule has 1 aromatic rings. The Kier molecular flexibility index (Phi) is 1.95. The van der Waals surface area contributed by atoms with Crippen molar-refractivity contribution >= 4 is 11.6 Å². The van der Waals surface area contributed by atoms with Crippen LogP contribution in [0.2, 0.25) is 5.15 Å². The molecule has 78 valence electrons. The largest absolute Gasteiger partial charge is 0.327 e. The summed E-state index contributed by atoms with van der Waals surface area (Å²) < 4.78 is 1.72. The second-order valence-electron chi connectivity index (χ2n) is 4.74. The Morgan fingerprint density at radius 2 is 2.00 bits per heavy atom. The summed E-state index contributed by atoms with van der Waals surface area (Å²) in [6.45, 7) is 6.33. The average molecular weight is 214 g/mol. The molecule has 0 unspecified atom stereocenters. The standard InChI is InChI=1S/C10H16ClN3/c1-5-6(9(11)14(4)13-5)7-8(12)10(7,2)3/h7-8H,12H2,1-4H3/t7-,8-/m1/s1. The summed E-state index contributed by atoms with van der Waals surface area (Å²) in [6, 6.07) is 0.211. The molecule has 14 heavy (non-hydrogen) atoms. The quantitative estimate of drug-likeness (QED) is 0.774. The Hall–Kier alpha value is -0.540. The summed E-state index contributed by atoms with van der Waals surface area (Å²) in [6.07, 6.45) is 0. The molecule has 1 aliphatic carbocycles. The maximum atomic E-state index is 6.19. The van der Waals surface area contributed by atoms with Gasteiger partial charge >= 0.3 is 0 Å². The average Bonchev–Trinajstić information content (AvgIpc) is 2.43. The van der Waals surface area contributed by atoms with Crippen molar-refractivity contribution in [3.05, 3.63) is 16.4 Å². The van der Waals surface area contributed by atoms with E-state index in [1.165, 1.54) is 0 Å². The molecule has 2 rings (SSSR count). The van der Waals surface area contributed by atoms with Crippen LogP contribution in [-0.2, 0) is 7.05 Å². The van der Waals surface area contributed by atoms with Gasteiger partial charge in [-0.05, 0) is 12.3 Å². The fourth-order valence-corrected chi connectivity index (χ4v) is 2.52. The third kappa shape index (κ3) is 1.12. The van der Waals surface area contributed by atoms with Gasteiger partial charge in [0.05, 0.1) is 5.69 Å². The predicted octanol–water partition coefficient (Wildman–Crippen LogP) is 1.83. The molecule has 0 bridgehead atoms. The summed E-state index contributed by atoms with van der Waals surface area (Å²) in [5, 5.41) is 5.03. The molecule has 0 amide bonds. The first-order valence-corrected chi connectivity index (χ1v) is 5.19. The number of nitrogens with two attached hydrogens (primary N) is 1. The van der Waals surface area contributed by atoms with Gasteiger partial charge in [0.1, 0.15) is 5.15 Å². The highest BCUT2D eigenvalue weighted by molar-refractivity contribution is 6.30. The number of aryl methyl sites for hydroxylation is 2. The zero-order valence-electron chi connectivity index (χ0n) is 9.00. The molecule has 1 fully saturated rings. The molecular weight excluding hydrogens is 198 g/mol. The third-order valence-electron chi connectivity index (χ3n) is 3.42. The van der Waals surface area contributed by atoms with Crippen molar-refractivity contribution < 1.29 is 0 Å². The highest BCUT2D eigenvalue weighted by Crippen LogP contribution is 2.59. The van der Waals surface area contributed by atoms with Gasteiger partial charge < -0.3 is 5.73 Å². The van der Waals surface area contributed by atoms with Crippen LogP contribution in [-0.4, -0.2) is 15.8 Å². The number of aromatic nitrogens is 2. The molecule has 3 nitrogen and oxygen atoms in total. The molecule has 1 heterocycles. The summed E-state index contributed by atoms with van der Waals surface area (Å²) in [5.74, 6) is 0.365. The summed E-state index contributed by atoms with van der Waals surface area (Å²) in [5.41, 5.74) is 8.33. The van der Waals surface area contributed by atoms with E-state index in [2.05, 4.69) is 18.9 Å². The first kappa shape index (κ1) is 9.99. The van der Waals surface area contributed by atoms with Crippen molar-refractivity contribution in [2.45, 2.75) is 32.7 Å². The van der Waals surface area contributed by atoms with Gasteiger partial charge in [-0.3, -0.25) is 4.68 Å². The molecule has 2 N–H and O–H groups in total. The number of hydrogen-bond donors (Lipinski definition) is 1. The molecular formula is C10H16ClN3. The lowest BCUT2D eigenvalue weighted by molar-refractivity contribution is 0.598. The lowest BCUT2D eigenvalue weighted by Gasteiger charge is -2.01. The molecule has 1 aliphatic rings. The van der Waals surface area contributed by atoms with Crippen LogP contribution in [0, 0.1) is 12.3 Å². The van der Waals surface area contributed by atoms with Crippen LogP contribution in [0.5, 0.6) is 0 Å². The van der Waals surface area contributed by atoms with Gasteiger partial charge in [0, 0.05) is 24.6 Å². The van der Waals surface area contributed by atoms with E-state index >= 15 is 0 Å². The van der Waals surface area contributed by atoms with E-state index in [4.69, 9.17) is 17.3 Å². The second kappa shape index (κ2) is 2.74. The first-order valence-electron chi connectivity index (χ1n) is 4.82. The summed E-state index contributed by atoms with van der Waals surface area (Å²) in [4.78, 5) is 0. The Morgan fingerprint density at radius 3 is 2.29 bits per heavy atom. The van der Waals surface area contributed by atoms with Crippen LogP contribution in [0.1, 0.15) is 31.0 Å². The number of nitrogens with zero attached hydrogens (tertiary/aromatic N) is 2. The molecule has 1 saturated carbocycles. The van der Waals surface area contributed by atoms with Crippen LogP contribution >= 0.6 is 11.6 Å². The Labute approximate surface area is 89.2 Å². The number of halogens is 1.